The van der Waals surface area contributed by atoms with Gasteiger partial charge in [0, 0.05) is 25.0 Å². The molecule has 0 atom stereocenters. The monoisotopic (exact) mass is 257 g/mol. The zero-order chi connectivity index (χ0) is 13.7. The molecule has 0 aliphatic heterocycles. The molecule has 0 aliphatic rings. The van der Waals surface area contributed by atoms with Gasteiger partial charge in [-0.25, -0.2) is 4.98 Å². The third-order valence-corrected chi connectivity index (χ3v) is 2.62. The fourth-order valence-electron chi connectivity index (χ4n) is 1.69. The number of anilines is 2. The molecule has 0 saturated heterocycles. The quantitative estimate of drug-likeness (QED) is 0.882. The molecule has 0 unspecified atom stereocenters. The molecule has 19 heavy (non-hydrogen) atoms. The van der Waals surface area contributed by atoms with Crippen LogP contribution in [0.15, 0.2) is 42.6 Å². The first-order valence-corrected chi connectivity index (χ1v) is 5.83. The minimum absolute atomic E-state index is 0.217. The van der Waals surface area contributed by atoms with E-state index in [9.17, 15) is 4.79 Å². The maximum atomic E-state index is 12.2. The number of pyridine rings is 1. The summed E-state index contributed by atoms with van der Waals surface area (Å²) in [6.07, 6.45) is 1.63. The van der Waals surface area contributed by atoms with Crippen molar-refractivity contribution in [1.29, 1.82) is 0 Å². The van der Waals surface area contributed by atoms with Gasteiger partial charge in [0.25, 0.3) is 5.91 Å². The molecule has 0 fully saturated rings. The van der Waals surface area contributed by atoms with E-state index in [1.807, 2.05) is 12.1 Å². The van der Waals surface area contributed by atoms with Gasteiger partial charge in [0.2, 0.25) is 0 Å². The molecule has 1 amide bonds. The van der Waals surface area contributed by atoms with Crippen molar-refractivity contribution >= 4 is 17.4 Å². The van der Waals surface area contributed by atoms with Crippen LogP contribution in [0.4, 0.5) is 11.5 Å². The highest BCUT2D eigenvalue weighted by molar-refractivity contribution is 6.07. The average Bonchev–Trinajstić information content (AvgIpc) is 2.47. The zero-order valence-electron chi connectivity index (χ0n) is 10.8. The predicted octanol–water partition coefficient (Wildman–Crippen LogP) is 2.38. The summed E-state index contributed by atoms with van der Waals surface area (Å²) in [5.41, 5.74) is 1.17. The van der Waals surface area contributed by atoms with Crippen LogP contribution >= 0.6 is 0 Å². The Kier molecular flexibility index (Phi) is 3.97. The summed E-state index contributed by atoms with van der Waals surface area (Å²) in [4.78, 5) is 16.3. The molecule has 1 aromatic heterocycles. The number of methoxy groups -OCH3 is 1. The zero-order valence-corrected chi connectivity index (χ0v) is 10.8. The van der Waals surface area contributed by atoms with Gasteiger partial charge in [-0.15, -0.1) is 0 Å². The molecule has 1 aromatic carbocycles. The Balaban J connectivity index is 2.20. The topological polar surface area (TPSA) is 63.2 Å². The maximum absolute atomic E-state index is 12.2. The van der Waals surface area contributed by atoms with Crippen molar-refractivity contribution in [3.8, 4) is 5.75 Å². The van der Waals surface area contributed by atoms with Gasteiger partial charge in [-0.3, -0.25) is 4.79 Å². The number of nitrogens with zero attached hydrogens (tertiary/aromatic N) is 1. The lowest BCUT2D eigenvalue weighted by molar-refractivity contribution is 0.102. The third-order valence-electron chi connectivity index (χ3n) is 2.62. The van der Waals surface area contributed by atoms with E-state index in [0.717, 1.165) is 0 Å². The second kappa shape index (κ2) is 5.86. The number of nitrogens with one attached hydrogen (secondary N) is 2. The Labute approximate surface area is 111 Å². The van der Waals surface area contributed by atoms with E-state index in [-0.39, 0.29) is 5.91 Å². The molecule has 2 rings (SSSR count). The summed E-state index contributed by atoms with van der Waals surface area (Å²) in [6, 6.07) is 10.6. The molecule has 0 bridgehead atoms. The highest BCUT2D eigenvalue weighted by atomic mass is 16.5. The standard InChI is InChI=1S/C14H15N3O2/c1-15-13-12(7-4-8-16-13)14(18)17-10-5-3-6-11(9-10)19-2/h3-9H,1-2H3,(H,15,16)(H,17,18). The molecule has 0 aliphatic carbocycles. The van der Waals surface area contributed by atoms with E-state index in [2.05, 4.69) is 15.6 Å². The predicted molar refractivity (Wildman–Crippen MR) is 74.7 cm³/mol. The van der Waals surface area contributed by atoms with Crippen LogP contribution in [0.2, 0.25) is 0 Å². The summed E-state index contributed by atoms with van der Waals surface area (Å²) in [6.45, 7) is 0. The molecule has 2 N–H and O–H groups in total. The highest BCUT2D eigenvalue weighted by Gasteiger charge is 2.11. The van der Waals surface area contributed by atoms with E-state index in [4.69, 9.17) is 4.74 Å². The third kappa shape index (κ3) is 3.01. The van der Waals surface area contributed by atoms with Crippen LogP contribution in [0.25, 0.3) is 0 Å². The minimum Gasteiger partial charge on any atom is -0.497 e. The second-order valence-corrected chi connectivity index (χ2v) is 3.84. The lowest BCUT2D eigenvalue weighted by atomic mass is 10.2. The van der Waals surface area contributed by atoms with Crippen molar-refractivity contribution in [3.63, 3.8) is 0 Å². The normalized spacial score (nSPS) is 9.79. The number of carbonyl (C=O) groups excluding carboxylic acids is 1. The van der Waals surface area contributed by atoms with Gasteiger partial charge in [-0.05, 0) is 24.3 Å². The number of amides is 1. The van der Waals surface area contributed by atoms with Gasteiger partial charge in [-0.2, -0.15) is 0 Å². The molecule has 1 heterocycles. The number of carbonyl (C=O) groups is 1. The van der Waals surface area contributed by atoms with Gasteiger partial charge in [0.05, 0.1) is 12.7 Å². The minimum atomic E-state index is -0.217. The van der Waals surface area contributed by atoms with Crippen LogP contribution in [0, 0.1) is 0 Å². The molecule has 98 valence electrons. The average molecular weight is 257 g/mol. The molecule has 0 saturated carbocycles. The van der Waals surface area contributed by atoms with Gasteiger partial charge in [-0.1, -0.05) is 6.07 Å². The lowest BCUT2D eigenvalue weighted by Crippen LogP contribution is -2.14. The first-order valence-electron chi connectivity index (χ1n) is 5.83. The molecule has 0 radical (unpaired) electrons. The lowest BCUT2D eigenvalue weighted by Gasteiger charge is -2.09. The van der Waals surface area contributed by atoms with Crippen molar-refractivity contribution in [1.82, 2.24) is 4.98 Å². The summed E-state index contributed by atoms with van der Waals surface area (Å²) in [5.74, 6) is 1.02. The SMILES string of the molecule is CNc1ncccc1C(=O)Nc1cccc(OC)c1. The Hall–Kier alpha value is -2.56. The summed E-state index contributed by atoms with van der Waals surface area (Å²) < 4.78 is 5.11. The van der Waals surface area contributed by atoms with E-state index >= 15 is 0 Å². The highest BCUT2D eigenvalue weighted by Crippen LogP contribution is 2.19. The Morgan fingerprint density at radius 3 is 2.84 bits per heavy atom. The van der Waals surface area contributed by atoms with Crippen LogP contribution in [-0.2, 0) is 0 Å². The first kappa shape index (κ1) is 12.9. The van der Waals surface area contributed by atoms with Crippen LogP contribution < -0.4 is 15.4 Å². The summed E-state index contributed by atoms with van der Waals surface area (Å²) in [7, 11) is 3.31. The molecular weight excluding hydrogens is 242 g/mol. The Bertz CT molecular complexity index is 584. The Morgan fingerprint density at radius 1 is 1.26 bits per heavy atom. The fraction of sp³-hybridized carbons (Fsp3) is 0.143. The van der Waals surface area contributed by atoms with Crippen LogP contribution in [0.5, 0.6) is 5.75 Å². The molecule has 0 spiro atoms. The number of aromatic nitrogens is 1. The van der Waals surface area contributed by atoms with Crippen LogP contribution in [-0.4, -0.2) is 25.0 Å². The number of ether oxygens (including phenoxy) is 1. The molecule has 5 nitrogen and oxygen atoms in total. The van der Waals surface area contributed by atoms with Crippen molar-refractivity contribution in [3.05, 3.63) is 48.2 Å². The van der Waals surface area contributed by atoms with E-state index in [1.54, 1.807) is 44.6 Å². The molecular formula is C14H15N3O2. The van der Waals surface area contributed by atoms with Crippen LogP contribution in [0.3, 0.4) is 0 Å². The fourth-order valence-corrected chi connectivity index (χ4v) is 1.69. The summed E-state index contributed by atoms with van der Waals surface area (Å²) in [5, 5.41) is 5.70. The number of benzene rings is 1. The molecule has 2 aromatic rings. The van der Waals surface area contributed by atoms with Crippen LogP contribution in [0.1, 0.15) is 10.4 Å². The number of rotatable bonds is 4. The summed E-state index contributed by atoms with van der Waals surface area (Å²) >= 11 is 0. The van der Waals surface area contributed by atoms with Crippen molar-refractivity contribution in [2.75, 3.05) is 24.8 Å². The number of hydrogen-bond donors (Lipinski definition) is 2. The Morgan fingerprint density at radius 2 is 2.11 bits per heavy atom. The van der Waals surface area contributed by atoms with Gasteiger partial charge in [0.1, 0.15) is 11.6 Å². The smallest absolute Gasteiger partial charge is 0.259 e. The first-order chi connectivity index (χ1) is 9.24. The van der Waals surface area contributed by atoms with Crippen molar-refractivity contribution in [2.45, 2.75) is 0 Å². The molecule has 5 heteroatoms. The van der Waals surface area contributed by atoms with Gasteiger partial charge < -0.3 is 15.4 Å². The number of hydrogen-bond acceptors (Lipinski definition) is 4. The maximum Gasteiger partial charge on any atom is 0.259 e. The van der Waals surface area contributed by atoms with E-state index < -0.39 is 0 Å². The van der Waals surface area contributed by atoms with E-state index in [1.165, 1.54) is 0 Å². The van der Waals surface area contributed by atoms with Crippen molar-refractivity contribution < 1.29 is 9.53 Å². The van der Waals surface area contributed by atoms with Gasteiger partial charge >= 0.3 is 0 Å². The largest absolute Gasteiger partial charge is 0.497 e. The van der Waals surface area contributed by atoms with Crippen molar-refractivity contribution in [2.24, 2.45) is 0 Å². The van der Waals surface area contributed by atoms with Gasteiger partial charge in [0.15, 0.2) is 0 Å². The van der Waals surface area contributed by atoms with E-state index in [0.29, 0.717) is 22.8 Å². The second-order valence-electron chi connectivity index (χ2n) is 3.84.